The molecular weight excluding hydrogens is 399 g/mol. The Morgan fingerprint density at radius 3 is 2.18 bits per heavy atom. The van der Waals surface area contributed by atoms with Crippen molar-refractivity contribution in [3.8, 4) is 5.75 Å². The third kappa shape index (κ3) is 4.95. The molecule has 2 aromatic rings. The fourth-order valence-electron chi connectivity index (χ4n) is 2.71. The molecule has 2 aromatic carbocycles. The minimum Gasteiger partial charge on any atom is -0.455 e. The lowest BCUT2D eigenvalue weighted by Crippen LogP contribution is -2.28. The van der Waals surface area contributed by atoms with Gasteiger partial charge < -0.3 is 14.8 Å². The summed E-state index contributed by atoms with van der Waals surface area (Å²) in [7, 11) is 0. The van der Waals surface area contributed by atoms with Gasteiger partial charge in [0.25, 0.3) is 5.91 Å². The lowest BCUT2D eigenvalue weighted by atomic mass is 9.96. The van der Waals surface area contributed by atoms with Crippen molar-refractivity contribution in [3.05, 3.63) is 59.1 Å². The number of nitrogens with one attached hydrogen (secondary N) is 1. The van der Waals surface area contributed by atoms with Gasteiger partial charge >= 0.3 is 12.3 Å². The van der Waals surface area contributed by atoms with E-state index >= 15 is 0 Å². The van der Waals surface area contributed by atoms with Crippen LogP contribution in [-0.2, 0) is 19.7 Å². The fourth-order valence-corrected chi connectivity index (χ4v) is 2.84. The third-order valence-electron chi connectivity index (χ3n) is 4.24. The number of hydrogen-bond donors (Lipinski definition) is 1. The standard InChI is InChI=1S/C19H15ClF3NO4/c20-13-3-1-12(2-4-13)18(9-10-18)17(26)27-11-16(25)24-14-5-7-15(8-6-14)28-19(21,22)23/h1-8H,9-11H2,(H,24,25). The monoisotopic (exact) mass is 413 g/mol. The van der Waals surface area contributed by atoms with Gasteiger partial charge in [0, 0.05) is 10.7 Å². The average Bonchev–Trinajstić information content (AvgIpc) is 3.43. The Hall–Kier alpha value is -2.74. The number of esters is 1. The molecule has 0 unspecified atom stereocenters. The summed E-state index contributed by atoms with van der Waals surface area (Å²) in [6.45, 7) is -0.505. The summed E-state index contributed by atoms with van der Waals surface area (Å²) >= 11 is 5.85. The number of alkyl halides is 3. The second kappa shape index (κ2) is 7.71. The molecule has 1 aliphatic carbocycles. The lowest BCUT2D eigenvalue weighted by molar-refractivity contribution is -0.274. The van der Waals surface area contributed by atoms with E-state index in [1.165, 1.54) is 12.1 Å². The van der Waals surface area contributed by atoms with E-state index in [0.29, 0.717) is 17.9 Å². The summed E-state index contributed by atoms with van der Waals surface area (Å²) in [5.74, 6) is -1.51. The normalized spacial score (nSPS) is 14.9. The van der Waals surface area contributed by atoms with Gasteiger partial charge in [-0.2, -0.15) is 0 Å². The predicted molar refractivity (Wildman–Crippen MR) is 95.1 cm³/mol. The van der Waals surface area contributed by atoms with E-state index < -0.39 is 36.0 Å². The van der Waals surface area contributed by atoms with Gasteiger partial charge in [-0.05, 0) is 54.8 Å². The van der Waals surface area contributed by atoms with E-state index in [-0.39, 0.29) is 5.69 Å². The minimum atomic E-state index is -4.79. The maximum Gasteiger partial charge on any atom is 0.573 e. The molecule has 148 valence electrons. The molecule has 1 saturated carbocycles. The Morgan fingerprint density at radius 1 is 1.04 bits per heavy atom. The number of halogens is 4. The number of ether oxygens (including phenoxy) is 2. The molecule has 9 heteroatoms. The number of carbonyl (C=O) groups is 2. The first kappa shape index (κ1) is 20.0. The molecular formula is C19H15ClF3NO4. The molecule has 1 fully saturated rings. The van der Waals surface area contributed by atoms with Gasteiger partial charge in [-0.15, -0.1) is 13.2 Å². The lowest BCUT2D eigenvalue weighted by Gasteiger charge is -2.15. The second-order valence-electron chi connectivity index (χ2n) is 6.29. The zero-order valence-corrected chi connectivity index (χ0v) is 15.1. The topological polar surface area (TPSA) is 64.6 Å². The van der Waals surface area contributed by atoms with E-state index in [0.717, 1.165) is 17.7 Å². The molecule has 28 heavy (non-hydrogen) atoms. The Morgan fingerprint density at radius 2 is 1.64 bits per heavy atom. The van der Waals surface area contributed by atoms with Crippen LogP contribution in [-0.4, -0.2) is 24.8 Å². The zero-order valence-electron chi connectivity index (χ0n) is 14.4. The van der Waals surface area contributed by atoms with E-state index in [1.54, 1.807) is 24.3 Å². The number of anilines is 1. The van der Waals surface area contributed by atoms with Crippen molar-refractivity contribution in [3.63, 3.8) is 0 Å². The van der Waals surface area contributed by atoms with Crippen LogP contribution in [0, 0.1) is 0 Å². The van der Waals surface area contributed by atoms with Crippen molar-refractivity contribution in [2.45, 2.75) is 24.6 Å². The highest BCUT2D eigenvalue weighted by atomic mass is 35.5. The highest BCUT2D eigenvalue weighted by Gasteiger charge is 2.52. The highest BCUT2D eigenvalue weighted by molar-refractivity contribution is 6.30. The van der Waals surface area contributed by atoms with Crippen molar-refractivity contribution in [1.82, 2.24) is 0 Å². The van der Waals surface area contributed by atoms with Gasteiger partial charge in [-0.3, -0.25) is 9.59 Å². The summed E-state index contributed by atoms with van der Waals surface area (Å²) in [5, 5.41) is 2.99. The Labute approximate surface area is 163 Å². The first-order chi connectivity index (χ1) is 13.2. The summed E-state index contributed by atoms with van der Waals surface area (Å²) in [6.07, 6.45) is -3.55. The summed E-state index contributed by atoms with van der Waals surface area (Å²) in [5.41, 5.74) is 0.276. The van der Waals surface area contributed by atoms with Crippen LogP contribution in [0.4, 0.5) is 18.9 Å². The molecule has 0 aromatic heterocycles. The molecule has 0 atom stereocenters. The Bertz CT molecular complexity index is 862. The van der Waals surface area contributed by atoms with Crippen LogP contribution < -0.4 is 10.1 Å². The molecule has 0 saturated heterocycles. The smallest absolute Gasteiger partial charge is 0.455 e. The second-order valence-corrected chi connectivity index (χ2v) is 6.72. The summed E-state index contributed by atoms with van der Waals surface area (Å²) < 4.78 is 45.2. The van der Waals surface area contributed by atoms with Gasteiger partial charge in [0.1, 0.15) is 5.75 Å². The largest absolute Gasteiger partial charge is 0.573 e. The fraction of sp³-hybridized carbons (Fsp3) is 0.263. The number of amides is 1. The Kier molecular flexibility index (Phi) is 5.51. The van der Waals surface area contributed by atoms with Gasteiger partial charge in [0.05, 0.1) is 5.41 Å². The van der Waals surface area contributed by atoms with Crippen molar-refractivity contribution in [2.75, 3.05) is 11.9 Å². The number of benzene rings is 2. The van der Waals surface area contributed by atoms with Crippen LogP contribution in [0.25, 0.3) is 0 Å². The van der Waals surface area contributed by atoms with E-state index in [2.05, 4.69) is 10.1 Å². The molecule has 0 aliphatic heterocycles. The molecule has 0 heterocycles. The molecule has 1 amide bonds. The van der Waals surface area contributed by atoms with Crippen molar-refractivity contribution >= 4 is 29.2 Å². The molecule has 0 spiro atoms. The van der Waals surface area contributed by atoms with Crippen LogP contribution in [0.1, 0.15) is 18.4 Å². The first-order valence-electron chi connectivity index (χ1n) is 8.27. The van der Waals surface area contributed by atoms with Crippen molar-refractivity contribution < 1.29 is 32.2 Å². The average molecular weight is 414 g/mol. The van der Waals surface area contributed by atoms with Crippen LogP contribution in [0.3, 0.4) is 0 Å². The van der Waals surface area contributed by atoms with Gasteiger partial charge in [-0.25, -0.2) is 0 Å². The maximum absolute atomic E-state index is 12.4. The van der Waals surface area contributed by atoms with Crippen molar-refractivity contribution in [2.24, 2.45) is 0 Å². The quantitative estimate of drug-likeness (QED) is 0.710. The molecule has 0 radical (unpaired) electrons. The zero-order chi connectivity index (χ0) is 20.4. The maximum atomic E-state index is 12.4. The van der Waals surface area contributed by atoms with E-state index in [4.69, 9.17) is 16.3 Å². The molecule has 3 rings (SSSR count). The predicted octanol–water partition coefficient (Wildman–Crippen LogP) is 4.45. The number of carbonyl (C=O) groups excluding carboxylic acids is 2. The molecule has 1 N–H and O–H groups in total. The minimum absolute atomic E-state index is 0.245. The molecule has 1 aliphatic rings. The summed E-state index contributed by atoms with van der Waals surface area (Å²) in [4.78, 5) is 24.3. The number of rotatable bonds is 6. The van der Waals surface area contributed by atoms with Crippen LogP contribution >= 0.6 is 11.6 Å². The Balaban J connectivity index is 1.51. The van der Waals surface area contributed by atoms with Gasteiger partial charge in [-0.1, -0.05) is 23.7 Å². The van der Waals surface area contributed by atoms with Crippen LogP contribution in [0.15, 0.2) is 48.5 Å². The molecule has 5 nitrogen and oxygen atoms in total. The third-order valence-corrected chi connectivity index (χ3v) is 4.50. The number of hydrogen-bond acceptors (Lipinski definition) is 4. The SMILES string of the molecule is O=C(COC(=O)C1(c2ccc(Cl)cc2)CC1)Nc1ccc(OC(F)(F)F)cc1. The summed E-state index contributed by atoms with van der Waals surface area (Å²) in [6, 6.07) is 11.5. The highest BCUT2D eigenvalue weighted by Crippen LogP contribution is 2.49. The molecule has 0 bridgehead atoms. The van der Waals surface area contributed by atoms with Gasteiger partial charge in [0.2, 0.25) is 0 Å². The van der Waals surface area contributed by atoms with Crippen LogP contribution in [0.5, 0.6) is 5.75 Å². The van der Waals surface area contributed by atoms with Gasteiger partial charge in [0.15, 0.2) is 6.61 Å². The van der Waals surface area contributed by atoms with E-state index in [9.17, 15) is 22.8 Å². The van der Waals surface area contributed by atoms with Crippen LogP contribution in [0.2, 0.25) is 5.02 Å². The van der Waals surface area contributed by atoms with E-state index in [1.807, 2.05) is 0 Å². The first-order valence-corrected chi connectivity index (χ1v) is 8.65. The van der Waals surface area contributed by atoms with Crippen molar-refractivity contribution in [1.29, 1.82) is 0 Å².